The monoisotopic (exact) mass is 448 g/mol. The second-order valence-electron chi connectivity index (χ2n) is 5.07. The summed E-state index contributed by atoms with van der Waals surface area (Å²) in [7, 11) is 0. The minimum Gasteiger partial charge on any atom is -0.366 e. The fraction of sp³-hybridized carbons (Fsp3) is 0.125. The number of nitrogens with two attached hydrogens (primary N) is 1. The van der Waals surface area contributed by atoms with Crippen LogP contribution in [-0.4, -0.2) is 11.8 Å². The van der Waals surface area contributed by atoms with Crippen LogP contribution in [-0.2, 0) is 6.18 Å². The van der Waals surface area contributed by atoms with Gasteiger partial charge in [-0.3, -0.25) is 9.59 Å². The van der Waals surface area contributed by atoms with Crippen LogP contribution in [0, 0.1) is 10.5 Å². The molecule has 24 heavy (non-hydrogen) atoms. The molecule has 126 valence electrons. The van der Waals surface area contributed by atoms with E-state index in [4.69, 9.17) is 5.73 Å². The molecule has 2 amide bonds. The fourth-order valence-corrected chi connectivity index (χ4v) is 2.78. The molecule has 2 aromatic carbocycles. The first-order valence-electron chi connectivity index (χ1n) is 6.67. The van der Waals surface area contributed by atoms with Crippen molar-refractivity contribution in [2.45, 2.75) is 13.1 Å². The summed E-state index contributed by atoms with van der Waals surface area (Å²) >= 11 is 1.72. The van der Waals surface area contributed by atoms with Gasteiger partial charge >= 0.3 is 6.18 Å². The summed E-state index contributed by atoms with van der Waals surface area (Å²) in [4.78, 5) is 23.4. The largest absolute Gasteiger partial charge is 0.416 e. The number of carbonyl (C=O) groups is 2. The molecule has 0 heterocycles. The number of benzene rings is 2. The minimum absolute atomic E-state index is 0.106. The van der Waals surface area contributed by atoms with Gasteiger partial charge in [-0.15, -0.1) is 0 Å². The van der Waals surface area contributed by atoms with Crippen LogP contribution < -0.4 is 11.1 Å². The van der Waals surface area contributed by atoms with Gasteiger partial charge in [0.2, 0.25) is 5.91 Å². The molecule has 0 atom stereocenters. The summed E-state index contributed by atoms with van der Waals surface area (Å²) in [6.45, 7) is 1.64. The fourth-order valence-electron chi connectivity index (χ4n) is 2.11. The molecule has 0 unspecified atom stereocenters. The molecule has 8 heteroatoms. The third kappa shape index (κ3) is 4.25. The first-order valence-corrected chi connectivity index (χ1v) is 7.75. The van der Waals surface area contributed by atoms with Crippen molar-refractivity contribution < 1.29 is 22.8 Å². The Hall–Kier alpha value is -2.10. The van der Waals surface area contributed by atoms with Crippen LogP contribution in [0.5, 0.6) is 0 Å². The number of halogens is 4. The molecule has 4 nitrogen and oxygen atoms in total. The first kappa shape index (κ1) is 18.2. The number of anilines is 1. The van der Waals surface area contributed by atoms with Crippen molar-refractivity contribution in [3.8, 4) is 0 Å². The van der Waals surface area contributed by atoms with Crippen molar-refractivity contribution in [3.05, 3.63) is 62.2 Å². The Morgan fingerprint density at radius 3 is 2.33 bits per heavy atom. The zero-order valence-electron chi connectivity index (χ0n) is 12.4. The molecule has 0 saturated heterocycles. The highest BCUT2D eigenvalue weighted by Crippen LogP contribution is 2.31. The van der Waals surface area contributed by atoms with Crippen molar-refractivity contribution in [2.75, 3.05) is 5.32 Å². The van der Waals surface area contributed by atoms with Gasteiger partial charge in [-0.05, 0) is 71.5 Å². The summed E-state index contributed by atoms with van der Waals surface area (Å²) in [5.74, 6) is -1.27. The van der Waals surface area contributed by atoms with E-state index in [9.17, 15) is 22.8 Å². The van der Waals surface area contributed by atoms with E-state index in [2.05, 4.69) is 5.32 Å². The van der Waals surface area contributed by atoms with Crippen LogP contribution in [0.2, 0.25) is 0 Å². The lowest BCUT2D eigenvalue weighted by atomic mass is 10.1. The highest BCUT2D eigenvalue weighted by molar-refractivity contribution is 14.1. The van der Waals surface area contributed by atoms with E-state index in [0.29, 0.717) is 20.4 Å². The number of aryl methyl sites for hydroxylation is 1. The van der Waals surface area contributed by atoms with Crippen LogP contribution in [0.25, 0.3) is 0 Å². The zero-order valence-corrected chi connectivity index (χ0v) is 14.5. The van der Waals surface area contributed by atoms with E-state index < -0.39 is 23.6 Å². The van der Waals surface area contributed by atoms with Gasteiger partial charge in [-0.1, -0.05) is 0 Å². The maximum absolute atomic E-state index is 12.8. The molecular weight excluding hydrogens is 436 g/mol. The Balaban J connectivity index is 2.29. The number of carbonyl (C=O) groups excluding carboxylic acids is 2. The van der Waals surface area contributed by atoms with Crippen LogP contribution >= 0.6 is 22.6 Å². The van der Waals surface area contributed by atoms with Crippen LogP contribution in [0.1, 0.15) is 31.8 Å². The average molecular weight is 448 g/mol. The molecule has 0 aromatic heterocycles. The normalized spacial score (nSPS) is 11.2. The Labute approximate surface area is 149 Å². The van der Waals surface area contributed by atoms with Crippen molar-refractivity contribution in [2.24, 2.45) is 5.73 Å². The van der Waals surface area contributed by atoms with Crippen LogP contribution in [0.15, 0.2) is 36.4 Å². The number of alkyl halides is 3. The van der Waals surface area contributed by atoms with E-state index in [1.807, 2.05) is 0 Å². The lowest BCUT2D eigenvalue weighted by molar-refractivity contribution is -0.137. The average Bonchev–Trinajstić information content (AvgIpc) is 2.45. The van der Waals surface area contributed by atoms with Gasteiger partial charge < -0.3 is 11.1 Å². The van der Waals surface area contributed by atoms with Gasteiger partial charge in [0.1, 0.15) is 0 Å². The van der Waals surface area contributed by atoms with Crippen molar-refractivity contribution >= 4 is 40.1 Å². The van der Waals surface area contributed by atoms with E-state index in [-0.39, 0.29) is 5.56 Å². The van der Waals surface area contributed by atoms with E-state index in [1.54, 1.807) is 29.5 Å². The SMILES string of the molecule is Cc1cc(NC(=O)c2cc(I)cc(C(F)(F)F)c2)ccc1C(N)=O. The smallest absolute Gasteiger partial charge is 0.366 e. The van der Waals surface area contributed by atoms with E-state index in [0.717, 1.165) is 12.1 Å². The second kappa shape index (κ2) is 6.80. The molecule has 0 aliphatic rings. The maximum atomic E-state index is 12.8. The summed E-state index contributed by atoms with van der Waals surface area (Å²) in [6, 6.07) is 7.55. The number of amides is 2. The van der Waals surface area contributed by atoms with Gasteiger partial charge in [0.05, 0.1) is 5.56 Å². The molecule has 0 aliphatic carbocycles. The van der Waals surface area contributed by atoms with E-state index >= 15 is 0 Å². The Morgan fingerprint density at radius 1 is 1.12 bits per heavy atom. The highest BCUT2D eigenvalue weighted by atomic mass is 127. The lowest BCUT2D eigenvalue weighted by Crippen LogP contribution is -2.16. The standard InChI is InChI=1S/C16H12F3IN2O2/c1-8-4-12(2-3-13(8)14(21)23)22-15(24)9-5-10(16(17,18)19)7-11(20)6-9/h2-7H,1H3,(H2,21,23)(H,22,24). The third-order valence-corrected chi connectivity index (χ3v) is 3.86. The first-order chi connectivity index (χ1) is 11.1. The predicted octanol–water partition coefficient (Wildman–Crippen LogP) is 3.97. The Bertz CT molecular complexity index is 819. The lowest BCUT2D eigenvalue weighted by Gasteiger charge is -2.11. The quantitative estimate of drug-likeness (QED) is 0.698. The number of hydrogen-bond acceptors (Lipinski definition) is 2. The van der Waals surface area contributed by atoms with Crippen molar-refractivity contribution in [3.63, 3.8) is 0 Å². The van der Waals surface area contributed by atoms with Gasteiger partial charge in [-0.2, -0.15) is 13.2 Å². The number of nitrogens with one attached hydrogen (secondary N) is 1. The summed E-state index contributed by atoms with van der Waals surface area (Å²) < 4.78 is 38.8. The van der Waals surface area contributed by atoms with E-state index in [1.165, 1.54) is 24.3 Å². The molecule has 2 rings (SSSR count). The zero-order chi connectivity index (χ0) is 18.1. The summed E-state index contributed by atoms with van der Waals surface area (Å²) in [5.41, 5.74) is 5.42. The highest BCUT2D eigenvalue weighted by Gasteiger charge is 2.31. The van der Waals surface area contributed by atoms with Gasteiger partial charge in [0, 0.05) is 20.4 Å². The molecular formula is C16H12F3IN2O2. The van der Waals surface area contributed by atoms with Crippen molar-refractivity contribution in [1.82, 2.24) is 0 Å². The number of rotatable bonds is 3. The molecule has 0 bridgehead atoms. The molecule has 3 N–H and O–H groups in total. The molecule has 0 fully saturated rings. The minimum atomic E-state index is -4.53. The third-order valence-electron chi connectivity index (χ3n) is 3.24. The molecule has 0 saturated carbocycles. The molecule has 0 spiro atoms. The number of hydrogen-bond donors (Lipinski definition) is 2. The summed E-state index contributed by atoms with van der Waals surface area (Å²) in [6.07, 6.45) is -4.53. The number of primary amides is 1. The molecule has 0 aliphatic heterocycles. The van der Waals surface area contributed by atoms with Crippen LogP contribution in [0.4, 0.5) is 18.9 Å². The predicted molar refractivity (Wildman–Crippen MR) is 91.8 cm³/mol. The van der Waals surface area contributed by atoms with Gasteiger partial charge in [0.15, 0.2) is 0 Å². The van der Waals surface area contributed by atoms with Crippen LogP contribution in [0.3, 0.4) is 0 Å². The molecule has 0 radical (unpaired) electrons. The second-order valence-corrected chi connectivity index (χ2v) is 6.32. The maximum Gasteiger partial charge on any atom is 0.416 e. The Kier molecular flexibility index (Phi) is 5.16. The van der Waals surface area contributed by atoms with Gasteiger partial charge in [0.25, 0.3) is 5.91 Å². The topological polar surface area (TPSA) is 72.2 Å². The Morgan fingerprint density at radius 2 is 1.79 bits per heavy atom. The summed E-state index contributed by atoms with van der Waals surface area (Å²) in [5, 5.41) is 2.51. The van der Waals surface area contributed by atoms with Crippen molar-refractivity contribution in [1.29, 1.82) is 0 Å². The van der Waals surface area contributed by atoms with Gasteiger partial charge in [-0.25, -0.2) is 0 Å². The molecule has 2 aromatic rings.